The van der Waals surface area contributed by atoms with Gasteiger partial charge >= 0.3 is 6.18 Å². The van der Waals surface area contributed by atoms with E-state index in [2.05, 4.69) is 20.4 Å². The summed E-state index contributed by atoms with van der Waals surface area (Å²) in [5.74, 6) is -1.23. The maximum Gasteiger partial charge on any atom is 0.453 e. The molecule has 1 fully saturated rings. The monoisotopic (exact) mass is 335 g/mol. The number of sulfone groups is 1. The summed E-state index contributed by atoms with van der Waals surface area (Å²) in [6.45, 7) is 1.61. The van der Waals surface area contributed by atoms with Crippen molar-refractivity contribution in [2.75, 3.05) is 16.8 Å². The molecule has 2 aromatic rings. The normalized spacial score (nSPS) is 21.4. The molecule has 1 aliphatic rings. The Morgan fingerprint density at radius 2 is 2.09 bits per heavy atom. The Morgan fingerprint density at radius 1 is 1.36 bits per heavy atom. The van der Waals surface area contributed by atoms with Gasteiger partial charge in [0.15, 0.2) is 9.84 Å². The van der Waals surface area contributed by atoms with Gasteiger partial charge in [-0.2, -0.15) is 22.7 Å². The van der Waals surface area contributed by atoms with Crippen molar-refractivity contribution in [1.29, 1.82) is 0 Å². The molecule has 0 spiro atoms. The zero-order chi connectivity index (χ0) is 16.1. The van der Waals surface area contributed by atoms with Crippen molar-refractivity contribution >= 4 is 21.4 Å². The summed E-state index contributed by atoms with van der Waals surface area (Å²) in [5, 5.41) is 6.33. The van der Waals surface area contributed by atoms with Crippen LogP contribution >= 0.6 is 0 Å². The Hall–Kier alpha value is -1.91. The number of aromatic nitrogens is 4. The second-order valence-electron chi connectivity index (χ2n) is 5.17. The van der Waals surface area contributed by atoms with Crippen LogP contribution in [-0.4, -0.2) is 45.5 Å². The van der Waals surface area contributed by atoms with Crippen molar-refractivity contribution in [1.82, 2.24) is 19.6 Å². The highest BCUT2D eigenvalue weighted by Gasteiger charge is 2.37. The molecule has 1 atom stereocenters. The highest BCUT2D eigenvalue weighted by molar-refractivity contribution is 7.91. The molecule has 0 bridgehead atoms. The van der Waals surface area contributed by atoms with Crippen molar-refractivity contribution in [2.45, 2.75) is 25.6 Å². The summed E-state index contributed by atoms with van der Waals surface area (Å²) in [6.07, 6.45) is -4.28. The van der Waals surface area contributed by atoms with Gasteiger partial charge in [0.25, 0.3) is 11.6 Å². The molecule has 1 unspecified atom stereocenters. The molecule has 11 heteroatoms. The van der Waals surface area contributed by atoms with E-state index in [1.165, 1.54) is 6.07 Å². The van der Waals surface area contributed by atoms with Crippen LogP contribution in [0.2, 0.25) is 0 Å². The quantitative estimate of drug-likeness (QED) is 0.882. The van der Waals surface area contributed by atoms with E-state index < -0.39 is 21.8 Å². The van der Waals surface area contributed by atoms with Crippen LogP contribution in [0, 0.1) is 6.92 Å². The molecular weight excluding hydrogens is 323 g/mol. The summed E-state index contributed by atoms with van der Waals surface area (Å²) in [4.78, 5) is 7.27. The van der Waals surface area contributed by atoms with Crippen LogP contribution in [0.1, 0.15) is 17.9 Å². The highest BCUT2D eigenvalue weighted by Crippen LogP contribution is 2.27. The zero-order valence-electron chi connectivity index (χ0n) is 11.4. The van der Waals surface area contributed by atoms with Gasteiger partial charge in [-0.15, -0.1) is 5.10 Å². The molecule has 1 N–H and O–H groups in total. The molecule has 3 rings (SSSR count). The van der Waals surface area contributed by atoms with E-state index in [1.807, 2.05) is 0 Å². The van der Waals surface area contributed by atoms with Gasteiger partial charge in [0.05, 0.1) is 11.5 Å². The first-order valence-electron chi connectivity index (χ1n) is 6.43. The lowest BCUT2D eigenvalue weighted by Crippen LogP contribution is -2.22. The summed E-state index contributed by atoms with van der Waals surface area (Å²) in [6, 6.07) is 1.14. The van der Waals surface area contributed by atoms with E-state index in [0.29, 0.717) is 12.1 Å². The number of rotatable bonds is 2. The van der Waals surface area contributed by atoms with Crippen molar-refractivity contribution < 1.29 is 21.6 Å². The Bertz CT molecular complexity index is 830. The van der Waals surface area contributed by atoms with Crippen LogP contribution in [0.15, 0.2) is 6.07 Å². The van der Waals surface area contributed by atoms with E-state index in [-0.39, 0.29) is 29.1 Å². The van der Waals surface area contributed by atoms with Gasteiger partial charge in [0.2, 0.25) is 0 Å². The summed E-state index contributed by atoms with van der Waals surface area (Å²) < 4.78 is 62.0. The first kappa shape index (κ1) is 15.0. The Kier molecular flexibility index (Phi) is 3.27. The number of halogens is 3. The molecule has 0 radical (unpaired) electrons. The minimum atomic E-state index is -4.67. The highest BCUT2D eigenvalue weighted by atomic mass is 32.2. The molecule has 3 heterocycles. The van der Waals surface area contributed by atoms with E-state index in [0.717, 1.165) is 4.52 Å². The number of fused-ring (bicyclic) bond motifs is 1. The van der Waals surface area contributed by atoms with Gasteiger partial charge in [-0.05, 0) is 13.3 Å². The lowest BCUT2D eigenvalue weighted by Gasteiger charge is -2.13. The van der Waals surface area contributed by atoms with Crippen molar-refractivity contribution in [2.24, 2.45) is 0 Å². The Balaban J connectivity index is 2.00. The summed E-state index contributed by atoms with van der Waals surface area (Å²) >= 11 is 0. The van der Waals surface area contributed by atoms with Crippen LogP contribution in [0.3, 0.4) is 0 Å². The van der Waals surface area contributed by atoms with Crippen LogP contribution in [0.4, 0.5) is 19.0 Å². The molecule has 0 saturated carbocycles. The fourth-order valence-electron chi connectivity index (χ4n) is 2.33. The van der Waals surface area contributed by atoms with Gasteiger partial charge in [0.1, 0.15) is 5.82 Å². The van der Waals surface area contributed by atoms with Gasteiger partial charge in [-0.1, -0.05) is 0 Å². The largest absolute Gasteiger partial charge is 0.453 e. The van der Waals surface area contributed by atoms with Gasteiger partial charge < -0.3 is 5.32 Å². The third-order valence-electron chi connectivity index (χ3n) is 3.28. The molecule has 7 nitrogen and oxygen atoms in total. The van der Waals surface area contributed by atoms with Gasteiger partial charge in [-0.25, -0.2) is 13.4 Å². The number of nitrogens with one attached hydrogen (secondary N) is 1. The molecule has 0 amide bonds. The third-order valence-corrected chi connectivity index (χ3v) is 5.05. The average molecular weight is 335 g/mol. The topological polar surface area (TPSA) is 89.2 Å². The Morgan fingerprint density at radius 3 is 2.68 bits per heavy atom. The second-order valence-corrected chi connectivity index (χ2v) is 7.40. The minimum Gasteiger partial charge on any atom is -0.366 e. The van der Waals surface area contributed by atoms with Gasteiger partial charge in [0, 0.05) is 17.8 Å². The maximum atomic E-state index is 12.7. The number of hydrogen-bond donors (Lipinski definition) is 1. The van der Waals surface area contributed by atoms with E-state index in [1.54, 1.807) is 6.92 Å². The smallest absolute Gasteiger partial charge is 0.366 e. The number of hydrogen-bond acceptors (Lipinski definition) is 6. The fourth-order valence-corrected chi connectivity index (χ4v) is 4.00. The molecule has 2 aromatic heterocycles. The SMILES string of the molecule is Cc1cc(NC2CCS(=O)(=O)C2)n2nc(C(F)(F)F)nc2n1. The van der Waals surface area contributed by atoms with Crippen molar-refractivity contribution in [3.63, 3.8) is 0 Å². The van der Waals surface area contributed by atoms with Crippen LogP contribution in [0.5, 0.6) is 0 Å². The molecule has 120 valence electrons. The number of alkyl halides is 3. The third kappa shape index (κ3) is 2.85. The maximum absolute atomic E-state index is 12.7. The number of aryl methyl sites for hydroxylation is 1. The lowest BCUT2D eigenvalue weighted by atomic mass is 10.2. The summed E-state index contributed by atoms with van der Waals surface area (Å²) in [7, 11) is -3.10. The van der Waals surface area contributed by atoms with Crippen LogP contribution < -0.4 is 5.32 Å². The molecular formula is C11H12F3N5O2S. The van der Waals surface area contributed by atoms with Crippen LogP contribution in [-0.2, 0) is 16.0 Å². The molecule has 1 saturated heterocycles. The van der Waals surface area contributed by atoms with Crippen LogP contribution in [0.25, 0.3) is 5.78 Å². The molecule has 0 aromatic carbocycles. The second kappa shape index (κ2) is 4.80. The average Bonchev–Trinajstić information content (AvgIpc) is 2.92. The van der Waals surface area contributed by atoms with Crippen molar-refractivity contribution in [3.8, 4) is 0 Å². The van der Waals surface area contributed by atoms with Gasteiger partial charge in [-0.3, -0.25) is 0 Å². The standard InChI is InChI=1S/C11H12F3N5O2S/c1-6-4-8(16-7-2-3-22(20,21)5-7)19-10(15-6)17-9(18-19)11(12,13)14/h4,7,16H,2-3,5H2,1H3. The molecule has 1 aliphatic heterocycles. The predicted molar refractivity (Wildman–Crippen MR) is 71.2 cm³/mol. The first-order chi connectivity index (χ1) is 10.1. The number of nitrogens with zero attached hydrogens (tertiary/aromatic N) is 4. The first-order valence-corrected chi connectivity index (χ1v) is 8.25. The predicted octanol–water partition coefficient (Wildman–Crippen LogP) is 1.05. The molecule has 22 heavy (non-hydrogen) atoms. The van der Waals surface area contributed by atoms with E-state index >= 15 is 0 Å². The number of anilines is 1. The van der Waals surface area contributed by atoms with Crippen molar-refractivity contribution in [3.05, 3.63) is 17.6 Å². The summed E-state index contributed by atoms with van der Waals surface area (Å²) in [5.41, 5.74) is 0.456. The van der Waals surface area contributed by atoms with E-state index in [9.17, 15) is 21.6 Å². The van der Waals surface area contributed by atoms with E-state index in [4.69, 9.17) is 0 Å². The lowest BCUT2D eigenvalue weighted by molar-refractivity contribution is -0.144. The molecule has 0 aliphatic carbocycles. The minimum absolute atomic E-state index is 0.0586. The Labute approximate surface area is 123 Å². The fraction of sp³-hybridized carbons (Fsp3) is 0.545. The zero-order valence-corrected chi connectivity index (χ0v) is 12.2.